The average Bonchev–Trinajstić information content (AvgIpc) is 3.16. The van der Waals surface area contributed by atoms with Crippen LogP contribution in [0, 0.1) is 0 Å². The van der Waals surface area contributed by atoms with Gasteiger partial charge >= 0.3 is 12.0 Å². The van der Waals surface area contributed by atoms with Crippen LogP contribution in [0.4, 0.5) is 4.79 Å². The number of hydrogen-bond acceptors (Lipinski definition) is 6. The fourth-order valence-electron chi connectivity index (χ4n) is 3.94. The number of urea groups is 1. The minimum absolute atomic E-state index is 0.183. The van der Waals surface area contributed by atoms with Crippen LogP contribution < -0.4 is 20.1 Å². The minimum Gasteiger partial charge on any atom is -0.486 e. The summed E-state index contributed by atoms with van der Waals surface area (Å²) in [6, 6.07) is 5.96. The molecule has 28 heavy (non-hydrogen) atoms. The maximum Gasteiger partial charge on any atom is 0.337 e. The fraction of sp³-hybridized carbons (Fsp3) is 0.500. The van der Waals surface area contributed by atoms with Crippen molar-refractivity contribution in [2.75, 3.05) is 39.5 Å². The topological polar surface area (TPSA) is 89.1 Å². The van der Waals surface area contributed by atoms with Gasteiger partial charge in [0.05, 0.1) is 18.7 Å². The van der Waals surface area contributed by atoms with E-state index in [1.807, 2.05) is 12.1 Å². The van der Waals surface area contributed by atoms with Crippen LogP contribution in [-0.4, -0.2) is 56.4 Å². The van der Waals surface area contributed by atoms with E-state index in [9.17, 15) is 9.59 Å². The number of carbonyl (C=O) groups is 2. The molecule has 1 saturated heterocycles. The third-order valence-corrected chi connectivity index (χ3v) is 5.25. The second kappa shape index (κ2) is 8.10. The van der Waals surface area contributed by atoms with E-state index in [4.69, 9.17) is 14.2 Å². The number of benzene rings is 1. The second-order valence-corrected chi connectivity index (χ2v) is 7.02. The molecule has 0 saturated carbocycles. The van der Waals surface area contributed by atoms with Crippen LogP contribution in [0.1, 0.15) is 31.4 Å². The summed E-state index contributed by atoms with van der Waals surface area (Å²) >= 11 is 0. The lowest BCUT2D eigenvalue weighted by atomic mass is 10.0. The number of ether oxygens (including phenoxy) is 3. The third kappa shape index (κ3) is 3.77. The molecule has 2 N–H and O–H groups in total. The Hall–Kier alpha value is -2.74. The summed E-state index contributed by atoms with van der Waals surface area (Å²) in [4.78, 5) is 26.4. The molecule has 0 radical (unpaired) electrons. The molecule has 3 heterocycles. The van der Waals surface area contributed by atoms with Gasteiger partial charge in [-0.25, -0.2) is 9.59 Å². The van der Waals surface area contributed by atoms with Gasteiger partial charge < -0.3 is 24.8 Å². The van der Waals surface area contributed by atoms with Crippen molar-refractivity contribution in [1.82, 2.24) is 15.5 Å². The summed E-state index contributed by atoms with van der Waals surface area (Å²) in [6.45, 7) is 4.75. The molecule has 0 spiro atoms. The Labute approximate surface area is 163 Å². The van der Waals surface area contributed by atoms with Crippen LogP contribution in [0.5, 0.6) is 11.5 Å². The van der Waals surface area contributed by atoms with Gasteiger partial charge in [0, 0.05) is 18.3 Å². The van der Waals surface area contributed by atoms with Crippen molar-refractivity contribution in [3.8, 4) is 11.5 Å². The van der Waals surface area contributed by atoms with Gasteiger partial charge in [0.15, 0.2) is 11.5 Å². The normalized spacial score (nSPS) is 21.9. The molecule has 1 aromatic rings. The lowest BCUT2D eigenvalue weighted by Gasteiger charge is -2.29. The number of fused-ring (bicyclic) bond motifs is 1. The Balaban J connectivity index is 1.56. The van der Waals surface area contributed by atoms with Gasteiger partial charge in [-0.15, -0.1) is 0 Å². The molecule has 0 unspecified atom stereocenters. The number of likely N-dealkylation sites (tertiary alicyclic amines) is 1. The molecule has 1 fully saturated rings. The predicted octanol–water partition coefficient (Wildman–Crippen LogP) is 1.72. The number of hydrogen-bond donors (Lipinski definition) is 2. The largest absolute Gasteiger partial charge is 0.486 e. The zero-order valence-electron chi connectivity index (χ0n) is 16.0. The molecule has 2 amide bonds. The number of nitrogens with zero attached hydrogens (tertiary/aromatic N) is 1. The van der Waals surface area contributed by atoms with Crippen LogP contribution in [0.15, 0.2) is 29.5 Å². The minimum atomic E-state index is -0.389. The standard InChI is InChI=1S/C20H25N3O5/c1-2-26-19(24)14-11-21-20(25)22-15(14)12-23-7-3-4-16(23)13-5-6-17-18(10-13)28-9-8-27-17/h5-6,10,16H,2-4,7-9,11-12H2,1H3,(H2,21,22,25)/t16-/m1/s1. The van der Waals surface area contributed by atoms with Gasteiger partial charge in [-0.05, 0) is 44.0 Å². The highest BCUT2D eigenvalue weighted by Crippen LogP contribution is 2.38. The van der Waals surface area contributed by atoms with E-state index in [-0.39, 0.29) is 24.6 Å². The summed E-state index contributed by atoms with van der Waals surface area (Å²) in [6.07, 6.45) is 2.06. The molecule has 0 bridgehead atoms. The zero-order chi connectivity index (χ0) is 19.5. The average molecular weight is 387 g/mol. The van der Waals surface area contributed by atoms with E-state index in [0.717, 1.165) is 36.4 Å². The Morgan fingerprint density at radius 3 is 2.93 bits per heavy atom. The predicted molar refractivity (Wildman–Crippen MR) is 101 cm³/mol. The van der Waals surface area contributed by atoms with Gasteiger partial charge in [0.25, 0.3) is 0 Å². The SMILES string of the molecule is CCOC(=O)C1=C(CN2CCC[C@@H]2c2ccc3c(c2)OCCO3)NC(=O)NC1. The van der Waals surface area contributed by atoms with Gasteiger partial charge in [-0.2, -0.15) is 0 Å². The Bertz CT molecular complexity index is 807. The smallest absolute Gasteiger partial charge is 0.337 e. The van der Waals surface area contributed by atoms with Gasteiger partial charge in [0.2, 0.25) is 0 Å². The quantitative estimate of drug-likeness (QED) is 0.748. The third-order valence-electron chi connectivity index (χ3n) is 5.25. The first kappa shape index (κ1) is 18.6. The van der Waals surface area contributed by atoms with E-state index < -0.39 is 0 Å². The summed E-state index contributed by atoms with van der Waals surface area (Å²) in [5.74, 6) is 1.16. The van der Waals surface area contributed by atoms with Crippen molar-refractivity contribution in [3.63, 3.8) is 0 Å². The van der Waals surface area contributed by atoms with Gasteiger partial charge in [-0.1, -0.05) is 6.07 Å². The first-order valence-electron chi connectivity index (χ1n) is 9.73. The Morgan fingerprint density at radius 2 is 2.11 bits per heavy atom. The van der Waals surface area contributed by atoms with E-state index in [2.05, 4.69) is 21.6 Å². The summed E-state index contributed by atoms with van der Waals surface area (Å²) < 4.78 is 16.5. The monoisotopic (exact) mass is 387 g/mol. The van der Waals surface area contributed by atoms with Crippen molar-refractivity contribution < 1.29 is 23.8 Å². The molecule has 8 nitrogen and oxygen atoms in total. The highest BCUT2D eigenvalue weighted by Gasteiger charge is 2.31. The summed E-state index contributed by atoms with van der Waals surface area (Å²) in [7, 11) is 0. The molecular weight excluding hydrogens is 362 g/mol. The van der Waals surface area contributed by atoms with Crippen LogP contribution in [0.2, 0.25) is 0 Å². The van der Waals surface area contributed by atoms with Crippen molar-refractivity contribution in [2.45, 2.75) is 25.8 Å². The highest BCUT2D eigenvalue weighted by molar-refractivity contribution is 5.93. The molecule has 0 aromatic heterocycles. The van der Waals surface area contributed by atoms with Gasteiger partial charge in [-0.3, -0.25) is 4.90 Å². The van der Waals surface area contributed by atoms with Crippen molar-refractivity contribution in [3.05, 3.63) is 35.0 Å². The molecule has 3 aliphatic rings. The number of nitrogens with one attached hydrogen (secondary N) is 2. The van der Waals surface area contributed by atoms with E-state index >= 15 is 0 Å². The number of carbonyl (C=O) groups excluding carboxylic acids is 2. The van der Waals surface area contributed by atoms with Gasteiger partial charge in [0.1, 0.15) is 13.2 Å². The van der Waals surface area contributed by atoms with Crippen molar-refractivity contribution in [2.24, 2.45) is 0 Å². The van der Waals surface area contributed by atoms with E-state index in [1.54, 1.807) is 6.92 Å². The Morgan fingerprint density at radius 1 is 1.29 bits per heavy atom. The molecular formula is C20H25N3O5. The van der Waals surface area contributed by atoms with Crippen LogP contribution >= 0.6 is 0 Å². The van der Waals surface area contributed by atoms with Crippen LogP contribution in [0.3, 0.4) is 0 Å². The zero-order valence-corrected chi connectivity index (χ0v) is 16.0. The lowest BCUT2D eigenvalue weighted by Crippen LogP contribution is -2.46. The number of esters is 1. The molecule has 1 atom stereocenters. The second-order valence-electron chi connectivity index (χ2n) is 7.02. The van der Waals surface area contributed by atoms with Crippen molar-refractivity contribution >= 4 is 12.0 Å². The first-order chi connectivity index (χ1) is 13.7. The first-order valence-corrected chi connectivity index (χ1v) is 9.73. The Kier molecular flexibility index (Phi) is 5.38. The van der Waals surface area contributed by atoms with Crippen molar-refractivity contribution in [1.29, 1.82) is 0 Å². The number of amides is 2. The summed E-state index contributed by atoms with van der Waals surface area (Å²) in [5, 5.41) is 5.44. The summed E-state index contributed by atoms with van der Waals surface area (Å²) in [5.41, 5.74) is 2.25. The molecule has 1 aromatic carbocycles. The maximum absolute atomic E-state index is 12.3. The van der Waals surface area contributed by atoms with Crippen LogP contribution in [-0.2, 0) is 9.53 Å². The highest BCUT2D eigenvalue weighted by atomic mass is 16.6. The molecule has 150 valence electrons. The molecule has 3 aliphatic heterocycles. The number of rotatable bonds is 5. The molecule has 8 heteroatoms. The molecule has 4 rings (SSSR count). The van der Waals surface area contributed by atoms with Crippen LogP contribution in [0.25, 0.3) is 0 Å². The van der Waals surface area contributed by atoms with E-state index in [0.29, 0.717) is 37.6 Å². The van der Waals surface area contributed by atoms with E-state index in [1.165, 1.54) is 0 Å². The maximum atomic E-state index is 12.3. The molecule has 0 aliphatic carbocycles. The fourth-order valence-corrected chi connectivity index (χ4v) is 3.94. The lowest BCUT2D eigenvalue weighted by molar-refractivity contribution is -0.138.